The number of amides is 4. The van der Waals surface area contributed by atoms with Gasteiger partial charge in [-0.3, -0.25) is 9.59 Å². The molecule has 5 aromatic rings. The summed E-state index contributed by atoms with van der Waals surface area (Å²) in [6.07, 6.45) is 7.46. The molecule has 0 radical (unpaired) electrons. The van der Waals surface area contributed by atoms with E-state index in [-0.39, 0.29) is 41.8 Å². The van der Waals surface area contributed by atoms with Gasteiger partial charge in [-0.25, -0.2) is 19.6 Å². The van der Waals surface area contributed by atoms with Crippen molar-refractivity contribution < 1.29 is 28.7 Å². The zero-order chi connectivity index (χ0) is 45.0. The van der Waals surface area contributed by atoms with Crippen LogP contribution in [0.2, 0.25) is 0 Å². The molecule has 0 spiro atoms. The molecule has 1 saturated carbocycles. The average molecular weight is 869 g/mol. The summed E-state index contributed by atoms with van der Waals surface area (Å²) in [4.78, 5) is 72.5. The van der Waals surface area contributed by atoms with Crippen LogP contribution in [0.3, 0.4) is 0 Å². The highest BCUT2D eigenvalue weighted by Gasteiger charge is 2.43. The molecule has 9 rings (SSSR count). The molecule has 2 saturated heterocycles. The number of aromatic nitrogens is 4. The molecule has 3 fully saturated rings. The van der Waals surface area contributed by atoms with E-state index in [1.807, 2.05) is 43.7 Å². The second-order valence-electron chi connectivity index (χ2n) is 18.9. The van der Waals surface area contributed by atoms with E-state index in [1.165, 1.54) is 61.3 Å². The Kier molecular flexibility index (Phi) is 11.7. The summed E-state index contributed by atoms with van der Waals surface area (Å²) in [5.41, 5.74) is 11.5. The number of likely N-dealkylation sites (tertiary alicyclic amines) is 2. The molecule has 2 aliphatic carbocycles. The number of carbonyl (C=O) groups excluding carboxylic acids is 4. The molecular weight excluding hydrogens is 809 g/mol. The third kappa shape index (κ3) is 7.78. The minimum atomic E-state index is -0.703. The number of nitrogens with one attached hydrogen (secondary N) is 4. The van der Waals surface area contributed by atoms with E-state index in [1.54, 1.807) is 0 Å². The van der Waals surface area contributed by atoms with Gasteiger partial charge in [0.15, 0.2) is 0 Å². The molecule has 4 unspecified atom stereocenters. The Labute approximate surface area is 374 Å². The molecule has 4 N–H and O–H groups in total. The lowest BCUT2D eigenvalue weighted by Crippen LogP contribution is -2.52. The Morgan fingerprint density at radius 1 is 0.703 bits per heavy atom. The molecule has 4 heterocycles. The summed E-state index contributed by atoms with van der Waals surface area (Å²) in [6.45, 7) is 10.3. The number of nitrogens with zero attached hydrogens (tertiary/aromatic N) is 4. The van der Waals surface area contributed by atoms with Crippen molar-refractivity contribution in [3.63, 3.8) is 0 Å². The van der Waals surface area contributed by atoms with E-state index in [4.69, 9.17) is 19.4 Å². The first-order valence-corrected chi connectivity index (χ1v) is 23.0. The number of H-pyrrole nitrogens is 2. The highest BCUT2D eigenvalue weighted by molar-refractivity contribution is 5.89. The van der Waals surface area contributed by atoms with Crippen LogP contribution >= 0.6 is 0 Å². The minimum absolute atomic E-state index is 0.00232. The Balaban J connectivity index is 0.955. The van der Waals surface area contributed by atoms with Gasteiger partial charge < -0.3 is 39.9 Å². The lowest BCUT2D eigenvalue weighted by atomic mass is 9.81. The lowest BCUT2D eigenvalue weighted by molar-refractivity contribution is -0.137. The van der Waals surface area contributed by atoms with Gasteiger partial charge in [-0.05, 0) is 127 Å². The highest BCUT2D eigenvalue weighted by Crippen LogP contribution is 2.58. The summed E-state index contributed by atoms with van der Waals surface area (Å²) in [6, 6.07) is 18.0. The third-order valence-corrected chi connectivity index (χ3v) is 14.3. The molecular formula is C50H60N8O6. The topological polar surface area (TPSA) is 175 Å². The second kappa shape index (κ2) is 17.4. The van der Waals surface area contributed by atoms with Gasteiger partial charge in [0.05, 0.1) is 49.2 Å². The molecule has 2 bridgehead atoms. The first-order chi connectivity index (χ1) is 30.8. The number of hydrogen-bond acceptors (Lipinski definition) is 8. The molecule has 7 atom stereocenters. The fourth-order valence-corrected chi connectivity index (χ4v) is 11.0. The Morgan fingerprint density at radius 3 is 1.95 bits per heavy atom. The molecule has 14 nitrogen and oxygen atoms in total. The zero-order valence-corrected chi connectivity index (χ0v) is 37.9. The third-order valence-electron chi connectivity index (χ3n) is 14.3. The van der Waals surface area contributed by atoms with Gasteiger partial charge in [0.1, 0.15) is 23.7 Å². The van der Waals surface area contributed by atoms with E-state index in [9.17, 15) is 19.2 Å². The summed E-state index contributed by atoms with van der Waals surface area (Å²) < 4.78 is 9.64. The smallest absolute Gasteiger partial charge is 0.407 e. The molecule has 3 aromatic carbocycles. The molecule has 14 heteroatoms. The van der Waals surface area contributed by atoms with E-state index in [0.29, 0.717) is 18.4 Å². The van der Waals surface area contributed by atoms with Crippen LogP contribution in [0, 0.1) is 11.8 Å². The number of benzene rings is 3. The van der Waals surface area contributed by atoms with Gasteiger partial charge in [-0.2, -0.15) is 0 Å². The number of rotatable bonds is 11. The van der Waals surface area contributed by atoms with Gasteiger partial charge in [0.2, 0.25) is 11.8 Å². The van der Waals surface area contributed by atoms with E-state index in [2.05, 4.69) is 82.1 Å². The summed E-state index contributed by atoms with van der Waals surface area (Å²) in [5, 5.41) is 5.48. The van der Waals surface area contributed by atoms with Crippen LogP contribution in [0.1, 0.15) is 126 Å². The lowest BCUT2D eigenvalue weighted by Gasteiger charge is -2.32. The van der Waals surface area contributed by atoms with Crippen molar-refractivity contribution in [3.05, 3.63) is 83.6 Å². The van der Waals surface area contributed by atoms with Crippen molar-refractivity contribution in [2.24, 2.45) is 11.8 Å². The van der Waals surface area contributed by atoms with Gasteiger partial charge in [0.25, 0.3) is 0 Å². The molecule has 336 valence electrons. The SMILES string of the molecule is COC(=O)NC(C(=O)N1CCC[C@H]1c1ncc(-c2ccc(-c3ccc(-c4ccc5nc([C@@H]6CC[C@H](C)N6C(=O)C(NC(=O)OC)C(C)C)[nH]c5c4)c4c3C3CCC4C3)cc2)[nH]1)C(C)C. The maximum atomic E-state index is 14.0. The quantitative estimate of drug-likeness (QED) is 0.102. The van der Waals surface area contributed by atoms with Crippen LogP contribution in [0.5, 0.6) is 0 Å². The average Bonchev–Trinajstić information content (AvgIpc) is 4.17. The molecule has 2 aliphatic heterocycles. The van der Waals surface area contributed by atoms with Crippen LogP contribution in [-0.4, -0.2) is 92.6 Å². The molecule has 2 aromatic heterocycles. The predicted molar refractivity (Wildman–Crippen MR) is 244 cm³/mol. The van der Waals surface area contributed by atoms with Crippen LogP contribution in [0.25, 0.3) is 44.5 Å². The number of ether oxygens (including phenoxy) is 2. The number of carbonyl (C=O) groups is 4. The van der Waals surface area contributed by atoms with Crippen LogP contribution in [-0.2, 0) is 19.1 Å². The summed E-state index contributed by atoms with van der Waals surface area (Å²) >= 11 is 0. The number of fused-ring (bicyclic) bond motifs is 6. The molecule has 4 amide bonds. The van der Waals surface area contributed by atoms with Crippen molar-refractivity contribution in [1.82, 2.24) is 40.4 Å². The number of imidazole rings is 2. The van der Waals surface area contributed by atoms with E-state index in [0.717, 1.165) is 65.2 Å². The molecule has 64 heavy (non-hydrogen) atoms. The van der Waals surface area contributed by atoms with Gasteiger partial charge in [0, 0.05) is 12.6 Å². The van der Waals surface area contributed by atoms with Crippen molar-refractivity contribution in [2.75, 3.05) is 20.8 Å². The maximum absolute atomic E-state index is 14.0. The van der Waals surface area contributed by atoms with Crippen LogP contribution in [0.4, 0.5) is 9.59 Å². The van der Waals surface area contributed by atoms with Crippen molar-refractivity contribution in [3.8, 4) is 33.5 Å². The standard InChI is InChI=1S/C50H60N8O6/c1-26(2)43(55-49(61)63-6)47(59)57-22-8-9-39(57)45-51-25-38(54-45)30-13-11-29(12-14-30)34-18-19-35(42-33-16-15-32(23-33)41(34)42)31-17-20-36-37(24-31)53-46(52-36)40-21-10-28(5)58(40)48(60)44(27(3)4)56-50(62)64-7/h11-14,17-20,24-28,32-33,39-40,43-44H,8-10,15-16,21-23H2,1-7H3,(H,51,54)(H,52,53)(H,55,61)(H,56,62)/t28-,32?,33?,39-,40-,43?,44?/m0/s1. The van der Waals surface area contributed by atoms with Gasteiger partial charge in [-0.15, -0.1) is 0 Å². The first kappa shape index (κ1) is 43.1. The predicted octanol–water partition coefficient (Wildman–Crippen LogP) is 9.13. The first-order valence-electron chi connectivity index (χ1n) is 23.0. The number of aromatic amines is 2. The van der Waals surface area contributed by atoms with Gasteiger partial charge in [-0.1, -0.05) is 70.2 Å². The van der Waals surface area contributed by atoms with Gasteiger partial charge >= 0.3 is 12.2 Å². The van der Waals surface area contributed by atoms with Crippen molar-refractivity contribution in [2.45, 2.75) is 122 Å². The Hall–Kier alpha value is -6.18. The van der Waals surface area contributed by atoms with E-state index >= 15 is 0 Å². The van der Waals surface area contributed by atoms with Crippen molar-refractivity contribution in [1.29, 1.82) is 0 Å². The molecule has 4 aliphatic rings. The normalized spacial score (nSPS) is 22.3. The number of hydrogen-bond donors (Lipinski definition) is 4. The maximum Gasteiger partial charge on any atom is 0.407 e. The van der Waals surface area contributed by atoms with Crippen LogP contribution < -0.4 is 10.6 Å². The number of methoxy groups -OCH3 is 2. The monoisotopic (exact) mass is 868 g/mol. The highest BCUT2D eigenvalue weighted by atomic mass is 16.5. The van der Waals surface area contributed by atoms with Crippen molar-refractivity contribution >= 4 is 35.0 Å². The van der Waals surface area contributed by atoms with Crippen LogP contribution in [0.15, 0.2) is 60.8 Å². The zero-order valence-electron chi connectivity index (χ0n) is 37.9. The fraction of sp³-hybridized carbons (Fsp3) is 0.480. The summed E-state index contributed by atoms with van der Waals surface area (Å²) in [7, 11) is 2.61. The Morgan fingerprint density at radius 2 is 1.31 bits per heavy atom. The second-order valence-corrected chi connectivity index (χ2v) is 18.9. The number of alkyl carbamates (subject to hydrolysis) is 2. The minimum Gasteiger partial charge on any atom is -0.453 e. The summed E-state index contributed by atoms with van der Waals surface area (Å²) in [5.74, 6) is 2.09. The Bertz CT molecular complexity index is 2580. The van der Waals surface area contributed by atoms with E-state index < -0.39 is 24.3 Å². The largest absolute Gasteiger partial charge is 0.453 e. The fourth-order valence-electron chi connectivity index (χ4n) is 11.0.